The number of hydrogen-bond donors (Lipinski definition) is 1. The zero-order chi connectivity index (χ0) is 10.7. The number of rotatable bonds is 1. The molecule has 2 rings (SSSR count). The molecule has 1 aromatic heterocycles. The van der Waals surface area contributed by atoms with Gasteiger partial charge in [-0.3, -0.25) is 4.79 Å². The Kier molecular flexibility index (Phi) is 3.81. The summed E-state index contributed by atoms with van der Waals surface area (Å²) in [4.78, 5) is 10.8. The molecule has 0 bridgehead atoms. The third-order valence-electron chi connectivity index (χ3n) is 1.97. The van der Waals surface area contributed by atoms with Gasteiger partial charge < -0.3 is 0 Å². The molecule has 1 heterocycles. The van der Waals surface area contributed by atoms with Gasteiger partial charge in [-0.15, -0.1) is 12.4 Å². The average molecular weight is 234 g/mol. The van der Waals surface area contributed by atoms with Gasteiger partial charge in [0, 0.05) is 11.6 Å². The molecule has 0 fully saturated rings. The molecule has 0 aliphatic rings. The summed E-state index contributed by atoms with van der Waals surface area (Å²) in [5, 5.41) is 14.9. The zero-order valence-electron chi connectivity index (χ0n) is 8.18. The Morgan fingerprint density at radius 3 is 2.69 bits per heavy atom. The van der Waals surface area contributed by atoms with Crippen molar-refractivity contribution in [1.29, 1.82) is 5.26 Å². The molecule has 2 aromatic rings. The second-order valence-corrected chi connectivity index (χ2v) is 3.00. The first-order chi connectivity index (χ1) is 7.29. The fourth-order valence-electron chi connectivity index (χ4n) is 1.25. The molecule has 5 heteroatoms. The van der Waals surface area contributed by atoms with Crippen LogP contribution in [0.15, 0.2) is 41.2 Å². The summed E-state index contributed by atoms with van der Waals surface area (Å²) < 4.78 is 0. The average Bonchev–Trinajstić information content (AvgIpc) is 2.30. The minimum atomic E-state index is -0.241. The molecule has 1 aromatic carbocycles. The number of benzene rings is 1. The molecular formula is C11H8ClN3O. The van der Waals surface area contributed by atoms with E-state index < -0.39 is 0 Å². The summed E-state index contributed by atoms with van der Waals surface area (Å²) in [6.45, 7) is 0. The van der Waals surface area contributed by atoms with E-state index in [1.807, 2.05) is 12.1 Å². The Labute approximate surface area is 98.0 Å². The lowest BCUT2D eigenvalue weighted by atomic mass is 10.1. The van der Waals surface area contributed by atoms with E-state index in [2.05, 4.69) is 10.2 Å². The van der Waals surface area contributed by atoms with Crippen LogP contribution in [0.4, 0.5) is 0 Å². The van der Waals surface area contributed by atoms with Crippen molar-refractivity contribution in [3.63, 3.8) is 0 Å². The number of aromatic amines is 1. The van der Waals surface area contributed by atoms with Crippen LogP contribution in [-0.2, 0) is 0 Å². The topological polar surface area (TPSA) is 69.5 Å². The van der Waals surface area contributed by atoms with Crippen molar-refractivity contribution >= 4 is 12.4 Å². The van der Waals surface area contributed by atoms with E-state index >= 15 is 0 Å². The minimum Gasteiger partial charge on any atom is -0.268 e. The quantitative estimate of drug-likeness (QED) is 0.816. The Balaban J connectivity index is 0.00000128. The molecule has 1 N–H and O–H groups in total. The lowest BCUT2D eigenvalue weighted by Crippen LogP contribution is -2.05. The van der Waals surface area contributed by atoms with Crippen LogP contribution in [0.1, 0.15) is 5.56 Å². The highest BCUT2D eigenvalue weighted by Crippen LogP contribution is 2.15. The second-order valence-electron chi connectivity index (χ2n) is 3.00. The first kappa shape index (κ1) is 12.0. The normalized spacial score (nSPS) is 8.94. The van der Waals surface area contributed by atoms with Gasteiger partial charge in [-0.1, -0.05) is 12.1 Å². The molecule has 80 valence electrons. The fourth-order valence-corrected chi connectivity index (χ4v) is 1.25. The molecule has 0 amide bonds. The Hall–Kier alpha value is -2.12. The lowest BCUT2D eigenvalue weighted by molar-refractivity contribution is 0.995. The van der Waals surface area contributed by atoms with Crippen LogP contribution in [0.2, 0.25) is 0 Å². The van der Waals surface area contributed by atoms with Crippen LogP contribution in [0, 0.1) is 11.3 Å². The molecule has 0 saturated carbocycles. The largest absolute Gasteiger partial charge is 0.268 e. The Bertz CT molecular complexity index is 566. The Morgan fingerprint density at radius 2 is 2.06 bits per heavy atom. The summed E-state index contributed by atoms with van der Waals surface area (Å²) in [5.41, 5.74) is 1.78. The van der Waals surface area contributed by atoms with E-state index in [0.29, 0.717) is 11.3 Å². The van der Waals surface area contributed by atoms with Gasteiger partial charge in [0.15, 0.2) is 0 Å². The van der Waals surface area contributed by atoms with Gasteiger partial charge in [0.2, 0.25) is 0 Å². The molecule has 0 radical (unpaired) electrons. The smallest absolute Gasteiger partial charge is 0.264 e. The van der Waals surface area contributed by atoms with Gasteiger partial charge >= 0.3 is 0 Å². The predicted molar refractivity (Wildman–Crippen MR) is 62.3 cm³/mol. The second kappa shape index (κ2) is 5.10. The van der Waals surface area contributed by atoms with Gasteiger partial charge in [-0.2, -0.15) is 10.4 Å². The summed E-state index contributed by atoms with van der Waals surface area (Å²) in [7, 11) is 0. The minimum absolute atomic E-state index is 0. The van der Waals surface area contributed by atoms with E-state index in [1.54, 1.807) is 24.3 Å². The van der Waals surface area contributed by atoms with Crippen molar-refractivity contribution in [3.8, 4) is 17.3 Å². The van der Waals surface area contributed by atoms with Gasteiger partial charge in [0.1, 0.15) is 0 Å². The highest BCUT2D eigenvalue weighted by molar-refractivity contribution is 5.85. The fraction of sp³-hybridized carbons (Fsp3) is 0. The molecule has 0 spiro atoms. The third-order valence-corrected chi connectivity index (χ3v) is 1.97. The van der Waals surface area contributed by atoms with Crippen LogP contribution in [0.25, 0.3) is 11.3 Å². The third kappa shape index (κ3) is 2.47. The first-order valence-corrected chi connectivity index (χ1v) is 4.36. The van der Waals surface area contributed by atoms with E-state index in [1.165, 1.54) is 6.07 Å². The molecule has 0 saturated heterocycles. The van der Waals surface area contributed by atoms with Gasteiger partial charge in [-0.05, 0) is 18.2 Å². The predicted octanol–water partition coefficient (Wildman–Crippen LogP) is 1.73. The zero-order valence-corrected chi connectivity index (χ0v) is 8.99. The van der Waals surface area contributed by atoms with Crippen molar-refractivity contribution in [2.45, 2.75) is 0 Å². The summed E-state index contributed by atoms with van der Waals surface area (Å²) in [6, 6.07) is 12.1. The summed E-state index contributed by atoms with van der Waals surface area (Å²) in [5.74, 6) is 0. The van der Waals surface area contributed by atoms with E-state index in [9.17, 15) is 4.79 Å². The van der Waals surface area contributed by atoms with E-state index in [-0.39, 0.29) is 18.0 Å². The molecule has 0 unspecified atom stereocenters. The van der Waals surface area contributed by atoms with Crippen molar-refractivity contribution < 1.29 is 0 Å². The van der Waals surface area contributed by atoms with Crippen LogP contribution < -0.4 is 5.56 Å². The standard InChI is InChI=1S/C11H7N3O.ClH/c12-7-8-2-1-3-9(6-8)10-4-5-11(15)14-13-10;/h1-6H,(H,14,15);1H. The number of aromatic nitrogens is 2. The van der Waals surface area contributed by atoms with Crippen LogP contribution in [0.5, 0.6) is 0 Å². The molecule has 16 heavy (non-hydrogen) atoms. The lowest BCUT2D eigenvalue weighted by Gasteiger charge is -1.98. The van der Waals surface area contributed by atoms with Gasteiger partial charge in [0.05, 0.1) is 17.3 Å². The van der Waals surface area contributed by atoms with Gasteiger partial charge in [0.25, 0.3) is 5.56 Å². The molecular weight excluding hydrogens is 226 g/mol. The van der Waals surface area contributed by atoms with Crippen molar-refractivity contribution in [3.05, 3.63) is 52.3 Å². The maximum atomic E-state index is 10.8. The number of nitrogens with one attached hydrogen (secondary N) is 1. The number of H-pyrrole nitrogens is 1. The van der Waals surface area contributed by atoms with Crippen molar-refractivity contribution in [2.75, 3.05) is 0 Å². The van der Waals surface area contributed by atoms with Gasteiger partial charge in [-0.25, -0.2) is 5.10 Å². The van der Waals surface area contributed by atoms with E-state index in [0.717, 1.165) is 5.56 Å². The molecule has 0 aliphatic heterocycles. The summed E-state index contributed by atoms with van der Waals surface area (Å²) in [6.07, 6.45) is 0. The maximum absolute atomic E-state index is 10.8. The van der Waals surface area contributed by atoms with Crippen molar-refractivity contribution in [2.24, 2.45) is 0 Å². The van der Waals surface area contributed by atoms with E-state index in [4.69, 9.17) is 5.26 Å². The number of nitrogens with zero attached hydrogens (tertiary/aromatic N) is 2. The van der Waals surface area contributed by atoms with Crippen LogP contribution >= 0.6 is 12.4 Å². The highest BCUT2D eigenvalue weighted by Gasteiger charge is 1.99. The SMILES string of the molecule is Cl.N#Cc1cccc(-c2ccc(=O)[nH]n2)c1. The summed E-state index contributed by atoms with van der Waals surface area (Å²) >= 11 is 0. The maximum Gasteiger partial charge on any atom is 0.264 e. The number of hydrogen-bond acceptors (Lipinski definition) is 3. The van der Waals surface area contributed by atoms with Crippen molar-refractivity contribution in [1.82, 2.24) is 10.2 Å². The number of halogens is 1. The molecule has 4 nitrogen and oxygen atoms in total. The molecule has 0 aliphatic carbocycles. The van der Waals surface area contributed by atoms with Crippen LogP contribution in [-0.4, -0.2) is 10.2 Å². The monoisotopic (exact) mass is 233 g/mol. The number of nitriles is 1. The van der Waals surface area contributed by atoms with Crippen LogP contribution in [0.3, 0.4) is 0 Å². The highest BCUT2D eigenvalue weighted by atomic mass is 35.5. The first-order valence-electron chi connectivity index (χ1n) is 4.36. The Morgan fingerprint density at radius 1 is 1.25 bits per heavy atom. The molecule has 0 atom stereocenters.